The first kappa shape index (κ1) is 18.8. The van der Waals surface area contributed by atoms with E-state index in [4.69, 9.17) is 17.3 Å². The number of hydrazine groups is 1. The highest BCUT2D eigenvalue weighted by atomic mass is 35.5. The van der Waals surface area contributed by atoms with Gasteiger partial charge in [0, 0.05) is 16.6 Å². The second-order valence-corrected chi connectivity index (χ2v) is 6.38. The number of carbonyl (C=O) groups excluding carboxylic acids is 2. The molecule has 0 spiro atoms. The van der Waals surface area contributed by atoms with Gasteiger partial charge in [0.2, 0.25) is 0 Å². The van der Waals surface area contributed by atoms with Crippen LogP contribution >= 0.6 is 23.4 Å². The summed E-state index contributed by atoms with van der Waals surface area (Å²) in [6.07, 6.45) is -0.868. The van der Waals surface area contributed by atoms with Gasteiger partial charge in [0.15, 0.2) is 0 Å². The Morgan fingerprint density at radius 1 is 1.41 bits per heavy atom. The molecule has 0 radical (unpaired) electrons. The molecular formula is C14H20ClN3O3S. The first-order chi connectivity index (χ1) is 10.5. The number of hydrogen-bond donors (Lipinski definition) is 4. The average Bonchev–Trinajstić information content (AvgIpc) is 2.51. The number of rotatable bonds is 7. The lowest BCUT2D eigenvalue weighted by Gasteiger charge is -2.18. The van der Waals surface area contributed by atoms with Crippen LogP contribution in [0.4, 0.5) is 0 Å². The summed E-state index contributed by atoms with van der Waals surface area (Å²) >= 11 is 7.46. The predicted molar refractivity (Wildman–Crippen MR) is 88.7 cm³/mol. The topological polar surface area (TPSA) is 104 Å². The van der Waals surface area contributed by atoms with Crippen molar-refractivity contribution in [1.29, 1.82) is 0 Å². The summed E-state index contributed by atoms with van der Waals surface area (Å²) in [5.41, 5.74) is 10.4. The molecule has 0 saturated heterocycles. The van der Waals surface area contributed by atoms with Crippen molar-refractivity contribution < 1.29 is 14.7 Å². The molecule has 0 heterocycles. The standard InChI is InChI=1S/C14H20ClN3O3S/c1-2-22-7-6-11(16)12(19)14(21)18-17-13(20)9-4-3-5-10(15)8-9/h3-5,8,11-12,19H,2,6-7,16H2,1H3,(H,17,20)(H,18,21)/t11-,12?/m1/s1. The maximum absolute atomic E-state index is 11.8. The Morgan fingerprint density at radius 2 is 2.14 bits per heavy atom. The Hall–Kier alpha value is -1.28. The number of nitrogens with two attached hydrogens (primary N) is 1. The van der Waals surface area contributed by atoms with Gasteiger partial charge in [0.05, 0.1) is 0 Å². The zero-order chi connectivity index (χ0) is 16.5. The Labute approximate surface area is 138 Å². The van der Waals surface area contributed by atoms with Crippen LogP contribution < -0.4 is 16.6 Å². The van der Waals surface area contributed by atoms with Crippen LogP contribution in [0.3, 0.4) is 0 Å². The van der Waals surface area contributed by atoms with E-state index >= 15 is 0 Å². The third-order valence-electron chi connectivity index (χ3n) is 2.86. The third kappa shape index (κ3) is 6.23. The molecular weight excluding hydrogens is 326 g/mol. The summed E-state index contributed by atoms with van der Waals surface area (Å²) in [7, 11) is 0. The molecule has 0 aliphatic carbocycles. The Morgan fingerprint density at radius 3 is 2.77 bits per heavy atom. The zero-order valence-electron chi connectivity index (χ0n) is 12.2. The number of benzene rings is 1. The highest BCUT2D eigenvalue weighted by molar-refractivity contribution is 7.99. The van der Waals surface area contributed by atoms with E-state index in [1.54, 1.807) is 30.0 Å². The number of hydrogen-bond acceptors (Lipinski definition) is 5. The quantitative estimate of drug-likeness (QED) is 0.435. The smallest absolute Gasteiger partial charge is 0.269 e. The number of halogens is 1. The zero-order valence-corrected chi connectivity index (χ0v) is 13.8. The normalized spacial score (nSPS) is 13.3. The summed E-state index contributed by atoms with van der Waals surface area (Å²) in [6.45, 7) is 2.02. The van der Waals surface area contributed by atoms with Crippen molar-refractivity contribution in [1.82, 2.24) is 10.9 Å². The largest absolute Gasteiger partial charge is 0.382 e. The molecule has 0 bridgehead atoms. The first-order valence-electron chi connectivity index (χ1n) is 6.82. The van der Waals surface area contributed by atoms with Gasteiger partial charge in [-0.2, -0.15) is 11.8 Å². The highest BCUT2D eigenvalue weighted by Crippen LogP contribution is 2.10. The van der Waals surface area contributed by atoms with Crippen LogP contribution in [0.25, 0.3) is 0 Å². The van der Waals surface area contributed by atoms with Crippen LogP contribution in [0.15, 0.2) is 24.3 Å². The molecule has 0 aromatic heterocycles. The molecule has 0 fully saturated rings. The SMILES string of the molecule is CCSCC[C@@H](N)C(O)C(=O)NNC(=O)c1cccc(Cl)c1. The van der Waals surface area contributed by atoms with Crippen molar-refractivity contribution in [2.24, 2.45) is 5.73 Å². The lowest BCUT2D eigenvalue weighted by Crippen LogP contribution is -2.52. The van der Waals surface area contributed by atoms with Crippen molar-refractivity contribution in [3.8, 4) is 0 Å². The fourth-order valence-electron chi connectivity index (χ4n) is 1.61. The van der Waals surface area contributed by atoms with Crippen molar-refractivity contribution in [3.63, 3.8) is 0 Å². The van der Waals surface area contributed by atoms with E-state index in [-0.39, 0.29) is 0 Å². The Kier molecular flexibility index (Phi) is 8.26. The van der Waals surface area contributed by atoms with Crippen LogP contribution in [0.5, 0.6) is 0 Å². The molecule has 2 amide bonds. The number of thioether (sulfide) groups is 1. The van der Waals surface area contributed by atoms with Crippen LogP contribution in [0.2, 0.25) is 5.02 Å². The van der Waals surface area contributed by atoms with Crippen molar-refractivity contribution >= 4 is 35.2 Å². The molecule has 0 aliphatic heterocycles. The van der Waals surface area contributed by atoms with Crippen LogP contribution in [-0.4, -0.2) is 40.6 Å². The second-order valence-electron chi connectivity index (χ2n) is 4.55. The van der Waals surface area contributed by atoms with E-state index in [2.05, 4.69) is 10.9 Å². The van der Waals surface area contributed by atoms with Gasteiger partial charge in [-0.15, -0.1) is 0 Å². The summed E-state index contributed by atoms with van der Waals surface area (Å²) < 4.78 is 0. The van der Waals surface area contributed by atoms with Gasteiger partial charge in [-0.1, -0.05) is 24.6 Å². The van der Waals surface area contributed by atoms with Gasteiger partial charge in [0.1, 0.15) is 6.10 Å². The second kappa shape index (κ2) is 9.68. The molecule has 5 N–H and O–H groups in total. The maximum atomic E-state index is 11.8. The minimum atomic E-state index is -1.38. The molecule has 2 atom stereocenters. The fourth-order valence-corrected chi connectivity index (χ4v) is 2.53. The molecule has 1 unspecified atom stereocenters. The minimum absolute atomic E-state index is 0.297. The number of amides is 2. The van der Waals surface area contributed by atoms with E-state index in [0.29, 0.717) is 17.0 Å². The molecule has 8 heteroatoms. The number of carbonyl (C=O) groups is 2. The van der Waals surface area contributed by atoms with Crippen molar-refractivity contribution in [2.75, 3.05) is 11.5 Å². The van der Waals surface area contributed by atoms with E-state index in [9.17, 15) is 14.7 Å². The summed E-state index contributed by atoms with van der Waals surface area (Å²) in [4.78, 5) is 23.5. The van der Waals surface area contributed by atoms with Gasteiger partial charge in [-0.25, -0.2) is 0 Å². The summed E-state index contributed by atoms with van der Waals surface area (Å²) in [5.74, 6) is 0.434. The van der Waals surface area contributed by atoms with E-state index in [1.165, 1.54) is 6.07 Å². The van der Waals surface area contributed by atoms with E-state index in [0.717, 1.165) is 11.5 Å². The van der Waals surface area contributed by atoms with Gasteiger partial charge in [-0.05, 0) is 36.1 Å². The Bertz CT molecular complexity index is 516. The molecule has 1 aromatic carbocycles. The van der Waals surface area contributed by atoms with Crippen LogP contribution in [0, 0.1) is 0 Å². The van der Waals surface area contributed by atoms with Gasteiger partial charge < -0.3 is 10.8 Å². The molecule has 1 aromatic rings. The molecule has 22 heavy (non-hydrogen) atoms. The predicted octanol–water partition coefficient (Wildman–Crippen LogP) is 0.932. The number of aliphatic hydroxyl groups is 1. The molecule has 1 rings (SSSR count). The lowest BCUT2D eigenvalue weighted by molar-refractivity contribution is -0.131. The molecule has 122 valence electrons. The van der Waals surface area contributed by atoms with Crippen molar-refractivity contribution in [3.05, 3.63) is 34.9 Å². The van der Waals surface area contributed by atoms with Crippen LogP contribution in [0.1, 0.15) is 23.7 Å². The van der Waals surface area contributed by atoms with Crippen LogP contribution in [-0.2, 0) is 4.79 Å². The minimum Gasteiger partial charge on any atom is -0.382 e. The number of nitrogens with one attached hydrogen (secondary N) is 2. The summed E-state index contributed by atoms with van der Waals surface area (Å²) in [5, 5.41) is 10.2. The fraction of sp³-hybridized carbons (Fsp3) is 0.429. The third-order valence-corrected chi connectivity index (χ3v) is 4.03. The van der Waals surface area contributed by atoms with E-state index < -0.39 is 24.0 Å². The maximum Gasteiger partial charge on any atom is 0.269 e. The summed E-state index contributed by atoms with van der Waals surface area (Å²) in [6, 6.07) is 5.59. The monoisotopic (exact) mass is 345 g/mol. The Balaban J connectivity index is 2.42. The average molecular weight is 346 g/mol. The van der Waals surface area contributed by atoms with Gasteiger partial charge >= 0.3 is 0 Å². The van der Waals surface area contributed by atoms with Crippen molar-refractivity contribution in [2.45, 2.75) is 25.5 Å². The lowest BCUT2D eigenvalue weighted by atomic mass is 10.1. The first-order valence-corrected chi connectivity index (χ1v) is 8.36. The molecule has 0 saturated carbocycles. The highest BCUT2D eigenvalue weighted by Gasteiger charge is 2.23. The molecule has 0 aliphatic rings. The molecule has 6 nitrogen and oxygen atoms in total. The van der Waals surface area contributed by atoms with Gasteiger partial charge in [-0.3, -0.25) is 20.4 Å². The van der Waals surface area contributed by atoms with Gasteiger partial charge in [0.25, 0.3) is 11.8 Å². The van der Waals surface area contributed by atoms with E-state index in [1.807, 2.05) is 6.92 Å². The number of aliphatic hydroxyl groups excluding tert-OH is 1.